The molecular formula is C27H38N2O2. The number of rotatable bonds is 10. The van der Waals surface area contributed by atoms with Gasteiger partial charge < -0.3 is 19.6 Å². The molecule has 31 heavy (non-hydrogen) atoms. The molecule has 0 aromatic heterocycles. The van der Waals surface area contributed by atoms with Gasteiger partial charge in [-0.3, -0.25) is 0 Å². The predicted octanol–water partition coefficient (Wildman–Crippen LogP) is 5.72. The van der Waals surface area contributed by atoms with Crippen LogP contribution in [0.3, 0.4) is 0 Å². The van der Waals surface area contributed by atoms with Gasteiger partial charge in [0.2, 0.25) is 0 Å². The van der Waals surface area contributed by atoms with E-state index >= 15 is 0 Å². The molecule has 0 saturated carbocycles. The molecule has 1 aromatic carbocycles. The minimum atomic E-state index is 0.251. The van der Waals surface area contributed by atoms with Gasteiger partial charge in [-0.15, -0.1) is 12.3 Å². The quantitative estimate of drug-likeness (QED) is 0.386. The van der Waals surface area contributed by atoms with Crippen LogP contribution in [-0.2, 0) is 0 Å². The number of hydrogen-bond acceptors (Lipinski definition) is 4. The molecule has 0 spiro atoms. The fraction of sp³-hybridized carbons (Fsp3) is 0.481. The third-order valence-electron chi connectivity index (χ3n) is 5.92. The minimum Gasteiger partial charge on any atom is -0.508 e. The maximum Gasteiger partial charge on any atom is 0.119 e. The van der Waals surface area contributed by atoms with Crippen LogP contribution in [0.4, 0.5) is 0 Å². The third-order valence-corrected chi connectivity index (χ3v) is 5.92. The monoisotopic (exact) mass is 422 g/mol. The van der Waals surface area contributed by atoms with Gasteiger partial charge in [-0.2, -0.15) is 0 Å². The van der Waals surface area contributed by atoms with Crippen molar-refractivity contribution in [1.29, 1.82) is 0 Å². The Morgan fingerprint density at radius 3 is 2.48 bits per heavy atom. The molecule has 1 aliphatic rings. The number of nitrogens with zero attached hydrogens (tertiary/aromatic N) is 2. The van der Waals surface area contributed by atoms with Gasteiger partial charge in [-0.1, -0.05) is 17.7 Å². The van der Waals surface area contributed by atoms with Gasteiger partial charge in [0.25, 0.3) is 0 Å². The Balaban J connectivity index is 1.82. The Morgan fingerprint density at radius 1 is 1.19 bits per heavy atom. The van der Waals surface area contributed by atoms with Crippen LogP contribution in [0.1, 0.15) is 53.4 Å². The zero-order valence-electron chi connectivity index (χ0n) is 19.6. The van der Waals surface area contributed by atoms with Crippen LogP contribution >= 0.6 is 0 Å². The second-order valence-electron chi connectivity index (χ2n) is 8.24. The summed E-state index contributed by atoms with van der Waals surface area (Å²) in [4.78, 5) is 4.86. The number of ether oxygens (including phenoxy) is 1. The lowest BCUT2D eigenvalue weighted by Crippen LogP contribution is -2.39. The number of terminal acetylenes is 1. The van der Waals surface area contributed by atoms with Crippen LogP contribution in [0.15, 0.2) is 59.5 Å². The summed E-state index contributed by atoms with van der Waals surface area (Å²) < 4.78 is 6.06. The van der Waals surface area contributed by atoms with E-state index in [9.17, 15) is 5.11 Å². The van der Waals surface area contributed by atoms with Crippen LogP contribution in [0.2, 0.25) is 0 Å². The molecule has 4 nitrogen and oxygen atoms in total. The first-order valence-corrected chi connectivity index (χ1v) is 11.3. The molecule has 1 heterocycles. The van der Waals surface area contributed by atoms with Crippen LogP contribution in [0, 0.1) is 12.3 Å². The Bertz CT molecular complexity index is 807. The van der Waals surface area contributed by atoms with Gasteiger partial charge in [-0.25, -0.2) is 0 Å². The third kappa shape index (κ3) is 8.55. The second-order valence-corrected chi connectivity index (χ2v) is 8.24. The molecule has 1 N–H and O–H groups in total. The van der Waals surface area contributed by atoms with E-state index in [1.807, 2.05) is 12.1 Å². The van der Waals surface area contributed by atoms with Crippen LogP contribution in [0.5, 0.6) is 11.5 Å². The molecule has 4 heteroatoms. The number of phenols is 1. The smallest absolute Gasteiger partial charge is 0.119 e. The summed E-state index contributed by atoms with van der Waals surface area (Å²) in [5, 5.41) is 9.40. The molecule has 0 atom stereocenters. The summed E-state index contributed by atoms with van der Waals surface area (Å²) in [7, 11) is 0. The van der Waals surface area contributed by atoms with Crippen molar-refractivity contribution in [1.82, 2.24) is 9.80 Å². The molecular weight excluding hydrogens is 384 g/mol. The lowest BCUT2D eigenvalue weighted by atomic mass is 10.1. The van der Waals surface area contributed by atoms with Crippen molar-refractivity contribution < 1.29 is 9.84 Å². The fourth-order valence-corrected chi connectivity index (χ4v) is 3.66. The predicted molar refractivity (Wildman–Crippen MR) is 130 cm³/mol. The number of piperidine rings is 1. The van der Waals surface area contributed by atoms with E-state index in [4.69, 9.17) is 11.2 Å². The van der Waals surface area contributed by atoms with Crippen molar-refractivity contribution in [3.8, 4) is 23.8 Å². The van der Waals surface area contributed by atoms with E-state index in [0.717, 1.165) is 51.2 Å². The van der Waals surface area contributed by atoms with E-state index in [2.05, 4.69) is 61.8 Å². The SMILES string of the molecule is C#CC/C=C(\C)N(/C=C(C)\C(C)=C\C)CCCN1CCC(Oc2ccc(O)cc2)CC1. The minimum absolute atomic E-state index is 0.251. The molecule has 0 radical (unpaired) electrons. The summed E-state index contributed by atoms with van der Waals surface area (Å²) in [5.41, 5.74) is 3.79. The lowest BCUT2D eigenvalue weighted by Gasteiger charge is -2.32. The zero-order valence-corrected chi connectivity index (χ0v) is 19.6. The molecule has 2 rings (SSSR count). The highest BCUT2D eigenvalue weighted by Gasteiger charge is 2.20. The molecule has 1 aliphatic heterocycles. The van der Waals surface area contributed by atoms with Gasteiger partial charge in [0.15, 0.2) is 0 Å². The average Bonchev–Trinajstić information content (AvgIpc) is 2.78. The Labute approximate surface area is 188 Å². The van der Waals surface area contributed by atoms with Gasteiger partial charge in [-0.05, 0) is 83.3 Å². The number of allylic oxidation sites excluding steroid dienone is 5. The van der Waals surface area contributed by atoms with Crippen LogP contribution in [-0.4, -0.2) is 47.2 Å². The van der Waals surface area contributed by atoms with Crippen molar-refractivity contribution in [2.45, 2.75) is 59.5 Å². The molecule has 1 saturated heterocycles. The highest BCUT2D eigenvalue weighted by Crippen LogP contribution is 2.21. The normalized spacial score (nSPS) is 16.8. The standard InChI is InChI=1S/C27H38N2O2/c1-6-8-10-24(5)29(21-23(4)22(3)7-2)18-9-17-28-19-15-27(16-20-28)31-26-13-11-25(30)12-14-26/h1,7,10-14,21,27,30H,8-9,15-20H2,2-5H3/b22-7+,23-21-,24-10+. The Hall–Kier alpha value is -2.64. The highest BCUT2D eigenvalue weighted by molar-refractivity contribution is 5.30. The Kier molecular flexibility index (Phi) is 10.3. The fourth-order valence-electron chi connectivity index (χ4n) is 3.66. The van der Waals surface area contributed by atoms with Gasteiger partial charge in [0.05, 0.1) is 0 Å². The number of benzene rings is 1. The maximum atomic E-state index is 9.40. The first-order valence-electron chi connectivity index (χ1n) is 11.3. The topological polar surface area (TPSA) is 35.9 Å². The van der Waals surface area contributed by atoms with Crippen molar-refractivity contribution in [3.05, 3.63) is 59.5 Å². The molecule has 1 fully saturated rings. The molecule has 1 aromatic rings. The van der Waals surface area contributed by atoms with Crippen molar-refractivity contribution in [3.63, 3.8) is 0 Å². The van der Waals surface area contributed by atoms with Crippen molar-refractivity contribution in [2.24, 2.45) is 0 Å². The first kappa shape index (κ1) is 24.6. The van der Waals surface area contributed by atoms with E-state index in [1.165, 1.54) is 16.8 Å². The summed E-state index contributed by atoms with van der Waals surface area (Å²) >= 11 is 0. The van der Waals surface area contributed by atoms with E-state index in [0.29, 0.717) is 6.42 Å². The Morgan fingerprint density at radius 2 is 1.87 bits per heavy atom. The van der Waals surface area contributed by atoms with Crippen molar-refractivity contribution >= 4 is 0 Å². The van der Waals surface area contributed by atoms with Gasteiger partial charge in [0, 0.05) is 38.0 Å². The second kappa shape index (κ2) is 12.9. The zero-order chi connectivity index (χ0) is 22.6. The van der Waals surface area contributed by atoms with Crippen molar-refractivity contribution in [2.75, 3.05) is 26.2 Å². The summed E-state index contributed by atoms with van der Waals surface area (Å²) in [6.07, 6.45) is 16.0. The van der Waals surface area contributed by atoms with E-state index < -0.39 is 0 Å². The first-order chi connectivity index (χ1) is 14.9. The number of aromatic hydroxyl groups is 1. The highest BCUT2D eigenvalue weighted by atomic mass is 16.5. The molecule has 168 valence electrons. The number of likely N-dealkylation sites (tertiary alicyclic amines) is 1. The lowest BCUT2D eigenvalue weighted by molar-refractivity contribution is 0.0989. The van der Waals surface area contributed by atoms with Gasteiger partial charge in [0.1, 0.15) is 17.6 Å². The molecule has 0 bridgehead atoms. The van der Waals surface area contributed by atoms with E-state index in [1.54, 1.807) is 12.1 Å². The number of phenolic OH excluding ortho intramolecular Hbond substituents is 1. The van der Waals surface area contributed by atoms with E-state index in [-0.39, 0.29) is 11.9 Å². The number of hydrogen-bond donors (Lipinski definition) is 1. The molecule has 0 amide bonds. The summed E-state index contributed by atoms with van der Waals surface area (Å²) in [5.74, 6) is 3.81. The van der Waals surface area contributed by atoms with Gasteiger partial charge >= 0.3 is 0 Å². The molecule has 0 aliphatic carbocycles. The summed E-state index contributed by atoms with van der Waals surface area (Å²) in [6.45, 7) is 12.7. The molecule has 0 unspecified atom stereocenters. The van der Waals surface area contributed by atoms with Crippen LogP contribution < -0.4 is 4.74 Å². The largest absolute Gasteiger partial charge is 0.508 e. The van der Waals surface area contributed by atoms with Crippen LogP contribution in [0.25, 0.3) is 0 Å². The summed E-state index contributed by atoms with van der Waals surface area (Å²) in [6, 6.07) is 7.00. The average molecular weight is 423 g/mol. The maximum absolute atomic E-state index is 9.40.